The van der Waals surface area contributed by atoms with Gasteiger partial charge in [-0.2, -0.15) is 0 Å². The summed E-state index contributed by atoms with van der Waals surface area (Å²) >= 11 is 0. The van der Waals surface area contributed by atoms with Gasteiger partial charge in [-0.15, -0.1) is 0 Å². The van der Waals surface area contributed by atoms with Gasteiger partial charge in [-0.25, -0.2) is 0 Å². The van der Waals surface area contributed by atoms with E-state index in [2.05, 4.69) is 36.7 Å². The Morgan fingerprint density at radius 3 is 2.36 bits per heavy atom. The molecule has 1 aromatic rings. The summed E-state index contributed by atoms with van der Waals surface area (Å²) in [6.07, 6.45) is 3.69. The van der Waals surface area contributed by atoms with Crippen molar-refractivity contribution in [1.29, 1.82) is 0 Å². The zero-order valence-electron chi connectivity index (χ0n) is 9.54. The lowest BCUT2D eigenvalue weighted by molar-refractivity contribution is 1.42. The van der Waals surface area contributed by atoms with Crippen molar-refractivity contribution in [2.24, 2.45) is 4.99 Å². The number of aliphatic imine (C=N–C) groups is 1. The van der Waals surface area contributed by atoms with Crippen LogP contribution in [0.4, 0.5) is 0 Å². The van der Waals surface area contributed by atoms with Crippen molar-refractivity contribution < 1.29 is 0 Å². The van der Waals surface area contributed by atoms with Crippen LogP contribution in [0.15, 0.2) is 29.8 Å². The van der Waals surface area contributed by atoms with E-state index >= 15 is 0 Å². The first-order valence-corrected chi connectivity index (χ1v) is 4.93. The minimum absolute atomic E-state index is 1.13. The molecule has 1 heteroatoms. The van der Waals surface area contributed by atoms with Crippen LogP contribution in [0, 0.1) is 6.92 Å². The van der Waals surface area contributed by atoms with Gasteiger partial charge in [0.05, 0.1) is 0 Å². The lowest BCUT2D eigenvalue weighted by Gasteiger charge is -2.00. The Kier molecular flexibility index (Phi) is 6.38. The topological polar surface area (TPSA) is 12.4 Å². The summed E-state index contributed by atoms with van der Waals surface area (Å²) in [5.74, 6) is 0. The Morgan fingerprint density at radius 1 is 1.21 bits per heavy atom. The van der Waals surface area contributed by atoms with Crippen LogP contribution in [0.25, 0.3) is 6.08 Å². The average Bonchev–Trinajstić information content (AvgIpc) is 2.22. The molecular weight excluding hydrogens is 170 g/mol. The molecule has 0 amide bonds. The monoisotopic (exact) mass is 189 g/mol. The highest BCUT2D eigenvalue weighted by molar-refractivity contribution is 5.85. The highest BCUT2D eigenvalue weighted by Crippen LogP contribution is 2.10. The average molecular weight is 189 g/mol. The highest BCUT2D eigenvalue weighted by atomic mass is 14.6. The summed E-state index contributed by atoms with van der Waals surface area (Å²) in [6.45, 7) is 9.81. The SMILES string of the molecule is C=Cc1ccc(C)cc1C=NC.CC. The number of benzene rings is 1. The minimum Gasteiger partial charge on any atom is -0.296 e. The fraction of sp³-hybridized carbons (Fsp3) is 0.308. The molecule has 0 atom stereocenters. The second kappa shape index (κ2) is 7.07. The summed E-state index contributed by atoms with van der Waals surface area (Å²) in [6, 6.07) is 6.23. The Hall–Kier alpha value is -1.37. The molecule has 1 nitrogen and oxygen atoms in total. The quantitative estimate of drug-likeness (QED) is 0.629. The van der Waals surface area contributed by atoms with E-state index in [0.29, 0.717) is 0 Å². The molecule has 0 bridgehead atoms. The van der Waals surface area contributed by atoms with Crippen LogP contribution in [-0.2, 0) is 0 Å². The van der Waals surface area contributed by atoms with E-state index in [9.17, 15) is 0 Å². The molecule has 0 fully saturated rings. The van der Waals surface area contributed by atoms with Gasteiger partial charge in [-0.05, 0) is 24.1 Å². The first kappa shape index (κ1) is 12.6. The molecule has 0 aliphatic heterocycles. The predicted molar refractivity (Wildman–Crippen MR) is 66.1 cm³/mol. The molecular formula is C13H19N. The summed E-state index contributed by atoms with van der Waals surface area (Å²) in [5.41, 5.74) is 3.51. The van der Waals surface area contributed by atoms with Gasteiger partial charge in [0.15, 0.2) is 0 Å². The molecule has 0 saturated heterocycles. The van der Waals surface area contributed by atoms with Gasteiger partial charge in [0, 0.05) is 13.3 Å². The molecule has 76 valence electrons. The predicted octanol–water partition coefficient (Wildman–Crippen LogP) is 3.71. The zero-order chi connectivity index (χ0) is 11.0. The first-order valence-electron chi connectivity index (χ1n) is 4.93. The maximum absolute atomic E-state index is 3.98. The van der Waals surface area contributed by atoms with E-state index in [1.807, 2.05) is 26.1 Å². The van der Waals surface area contributed by atoms with Crippen molar-refractivity contribution in [3.63, 3.8) is 0 Å². The fourth-order valence-corrected chi connectivity index (χ4v) is 1.13. The summed E-state index contributed by atoms with van der Waals surface area (Å²) < 4.78 is 0. The molecule has 0 aliphatic carbocycles. The van der Waals surface area contributed by atoms with Crippen molar-refractivity contribution in [2.75, 3.05) is 7.05 Å². The molecule has 14 heavy (non-hydrogen) atoms. The third kappa shape index (κ3) is 3.56. The summed E-state index contributed by atoms with van der Waals surface area (Å²) in [4.78, 5) is 3.98. The Bertz CT molecular complexity index is 311. The van der Waals surface area contributed by atoms with Crippen LogP contribution >= 0.6 is 0 Å². The summed E-state index contributed by atoms with van der Waals surface area (Å²) in [5, 5.41) is 0. The Balaban J connectivity index is 0.000000791. The maximum atomic E-state index is 3.98. The van der Waals surface area contributed by atoms with Gasteiger partial charge < -0.3 is 0 Å². The molecule has 1 aromatic carbocycles. The van der Waals surface area contributed by atoms with E-state index in [4.69, 9.17) is 0 Å². The van der Waals surface area contributed by atoms with Gasteiger partial charge in [-0.1, -0.05) is 44.2 Å². The molecule has 0 N–H and O–H groups in total. The van der Waals surface area contributed by atoms with Crippen LogP contribution in [0.3, 0.4) is 0 Å². The number of hydrogen-bond acceptors (Lipinski definition) is 1. The lowest BCUT2D eigenvalue weighted by atomic mass is 10.1. The van der Waals surface area contributed by atoms with Gasteiger partial charge in [0.25, 0.3) is 0 Å². The molecule has 0 aromatic heterocycles. The van der Waals surface area contributed by atoms with Gasteiger partial charge in [0.1, 0.15) is 0 Å². The molecule has 0 heterocycles. The minimum atomic E-state index is 1.13. The number of hydrogen-bond donors (Lipinski definition) is 0. The third-order valence-electron chi connectivity index (χ3n) is 1.73. The van der Waals surface area contributed by atoms with Crippen LogP contribution in [0.1, 0.15) is 30.5 Å². The smallest absolute Gasteiger partial charge is 0.0287 e. The summed E-state index contributed by atoms with van der Waals surface area (Å²) in [7, 11) is 1.77. The maximum Gasteiger partial charge on any atom is 0.0287 e. The van der Waals surface area contributed by atoms with Crippen LogP contribution in [-0.4, -0.2) is 13.3 Å². The molecule has 0 radical (unpaired) electrons. The largest absolute Gasteiger partial charge is 0.296 e. The first-order chi connectivity index (χ1) is 6.77. The van der Waals surface area contributed by atoms with Crippen molar-refractivity contribution >= 4 is 12.3 Å². The number of aryl methyl sites for hydroxylation is 1. The second-order valence-corrected chi connectivity index (χ2v) is 2.72. The number of rotatable bonds is 2. The van der Waals surface area contributed by atoms with Crippen molar-refractivity contribution in [3.8, 4) is 0 Å². The van der Waals surface area contributed by atoms with Crippen LogP contribution < -0.4 is 0 Å². The number of nitrogens with zero attached hydrogens (tertiary/aromatic N) is 1. The van der Waals surface area contributed by atoms with Crippen LogP contribution in [0.2, 0.25) is 0 Å². The van der Waals surface area contributed by atoms with Gasteiger partial charge in [-0.3, -0.25) is 4.99 Å². The molecule has 1 rings (SSSR count). The van der Waals surface area contributed by atoms with E-state index < -0.39 is 0 Å². The van der Waals surface area contributed by atoms with E-state index in [-0.39, 0.29) is 0 Å². The Morgan fingerprint density at radius 2 is 1.86 bits per heavy atom. The third-order valence-corrected chi connectivity index (χ3v) is 1.73. The normalized spacial score (nSPS) is 9.43. The second-order valence-electron chi connectivity index (χ2n) is 2.72. The highest BCUT2D eigenvalue weighted by Gasteiger charge is 1.95. The fourth-order valence-electron chi connectivity index (χ4n) is 1.13. The van der Waals surface area contributed by atoms with Crippen molar-refractivity contribution in [2.45, 2.75) is 20.8 Å². The van der Waals surface area contributed by atoms with E-state index in [0.717, 1.165) is 11.1 Å². The van der Waals surface area contributed by atoms with Gasteiger partial charge >= 0.3 is 0 Å². The molecule has 0 aliphatic rings. The van der Waals surface area contributed by atoms with Gasteiger partial charge in [0.2, 0.25) is 0 Å². The molecule has 0 unspecified atom stereocenters. The lowest BCUT2D eigenvalue weighted by Crippen LogP contribution is -1.87. The van der Waals surface area contributed by atoms with E-state index in [1.54, 1.807) is 7.05 Å². The van der Waals surface area contributed by atoms with Crippen molar-refractivity contribution in [3.05, 3.63) is 41.5 Å². The molecule has 0 saturated carbocycles. The Labute approximate surface area is 87.2 Å². The molecule has 0 spiro atoms. The zero-order valence-corrected chi connectivity index (χ0v) is 9.54. The van der Waals surface area contributed by atoms with E-state index in [1.165, 1.54) is 5.56 Å². The van der Waals surface area contributed by atoms with Crippen molar-refractivity contribution in [1.82, 2.24) is 0 Å². The van der Waals surface area contributed by atoms with Crippen LogP contribution in [0.5, 0.6) is 0 Å². The standard InChI is InChI=1S/C11H13N.C2H6/c1-4-10-6-5-9(2)7-11(10)8-12-3;1-2/h4-8H,1H2,2-3H3;1-2H3.